The molecule has 1 aliphatic heterocycles. The molecule has 0 amide bonds. The highest BCUT2D eigenvalue weighted by atomic mass is 14.9. The van der Waals surface area contributed by atoms with Crippen LogP contribution in [0.5, 0.6) is 0 Å². The summed E-state index contributed by atoms with van der Waals surface area (Å²) in [5.74, 6) is 0.876. The molecule has 1 heteroatoms. The van der Waals surface area contributed by atoms with Gasteiger partial charge < -0.3 is 5.32 Å². The van der Waals surface area contributed by atoms with E-state index < -0.39 is 0 Å². The van der Waals surface area contributed by atoms with Crippen molar-refractivity contribution in [1.82, 2.24) is 5.32 Å². The SMILES string of the molecule is CC1CC2CC1=CN2. The van der Waals surface area contributed by atoms with Gasteiger partial charge >= 0.3 is 0 Å². The first-order valence-electron chi connectivity index (χ1n) is 3.31. The van der Waals surface area contributed by atoms with E-state index in [1.165, 1.54) is 12.8 Å². The van der Waals surface area contributed by atoms with Crippen molar-refractivity contribution >= 4 is 0 Å². The highest BCUT2D eigenvalue weighted by Crippen LogP contribution is 2.34. The quantitative estimate of drug-likeness (QED) is 0.494. The second kappa shape index (κ2) is 1.28. The van der Waals surface area contributed by atoms with E-state index in [0.717, 1.165) is 12.0 Å². The first kappa shape index (κ1) is 4.42. The first-order valence-corrected chi connectivity index (χ1v) is 3.31. The third-order valence-corrected chi connectivity index (χ3v) is 2.26. The Labute approximate surface area is 49.8 Å². The van der Waals surface area contributed by atoms with E-state index in [1.807, 2.05) is 0 Å². The fraction of sp³-hybridized carbons (Fsp3) is 0.714. The van der Waals surface area contributed by atoms with Gasteiger partial charge in [0, 0.05) is 6.04 Å². The predicted octanol–water partition coefficient (Wildman–Crippen LogP) is 1.27. The fourth-order valence-corrected chi connectivity index (χ4v) is 1.70. The molecule has 1 heterocycles. The van der Waals surface area contributed by atoms with E-state index in [-0.39, 0.29) is 0 Å². The number of hydrogen-bond donors (Lipinski definition) is 1. The van der Waals surface area contributed by atoms with Crippen molar-refractivity contribution < 1.29 is 0 Å². The third kappa shape index (κ3) is 0.417. The highest BCUT2D eigenvalue weighted by molar-refractivity contribution is 5.19. The normalized spacial score (nSPS) is 41.9. The lowest BCUT2D eigenvalue weighted by molar-refractivity contribution is 0.553. The zero-order chi connectivity index (χ0) is 5.56. The average molecular weight is 109 g/mol. The van der Waals surface area contributed by atoms with Gasteiger partial charge in [0.25, 0.3) is 0 Å². The Morgan fingerprint density at radius 2 is 2.62 bits per heavy atom. The van der Waals surface area contributed by atoms with Gasteiger partial charge in [-0.2, -0.15) is 0 Å². The summed E-state index contributed by atoms with van der Waals surface area (Å²) in [4.78, 5) is 0. The molecule has 1 N–H and O–H groups in total. The molecule has 0 spiro atoms. The summed E-state index contributed by atoms with van der Waals surface area (Å²) in [6.45, 7) is 2.31. The largest absolute Gasteiger partial charge is 0.388 e. The van der Waals surface area contributed by atoms with E-state index in [0.29, 0.717) is 0 Å². The molecule has 0 aromatic rings. The summed E-state index contributed by atoms with van der Waals surface area (Å²) in [6.07, 6.45) is 4.88. The summed E-state index contributed by atoms with van der Waals surface area (Å²) in [6, 6.07) is 0.806. The number of hydrogen-bond acceptors (Lipinski definition) is 1. The molecule has 0 aromatic carbocycles. The standard InChI is InChI=1S/C7H11N/c1-5-2-7-3-6(5)4-8-7/h4-5,7-8H,2-3H2,1H3. The van der Waals surface area contributed by atoms with Crippen molar-refractivity contribution in [3.8, 4) is 0 Å². The van der Waals surface area contributed by atoms with Crippen LogP contribution in [0, 0.1) is 5.92 Å². The van der Waals surface area contributed by atoms with Crippen molar-refractivity contribution in [2.45, 2.75) is 25.8 Å². The second-order valence-corrected chi connectivity index (χ2v) is 2.92. The molecule has 44 valence electrons. The smallest absolute Gasteiger partial charge is 0.0299 e. The Morgan fingerprint density at radius 1 is 1.75 bits per heavy atom. The summed E-state index contributed by atoms with van der Waals surface area (Å²) < 4.78 is 0. The number of nitrogens with one attached hydrogen (secondary N) is 1. The molecule has 1 saturated carbocycles. The van der Waals surface area contributed by atoms with Gasteiger partial charge in [0.15, 0.2) is 0 Å². The molecule has 2 atom stereocenters. The Balaban J connectivity index is 2.28. The van der Waals surface area contributed by atoms with Gasteiger partial charge in [0.1, 0.15) is 0 Å². The van der Waals surface area contributed by atoms with Crippen LogP contribution in [-0.4, -0.2) is 6.04 Å². The van der Waals surface area contributed by atoms with Gasteiger partial charge in [-0.15, -0.1) is 0 Å². The second-order valence-electron chi connectivity index (χ2n) is 2.92. The first-order chi connectivity index (χ1) is 3.86. The minimum absolute atomic E-state index is 0.806. The molecule has 2 unspecified atom stereocenters. The van der Waals surface area contributed by atoms with Crippen LogP contribution in [0.4, 0.5) is 0 Å². The van der Waals surface area contributed by atoms with Crippen molar-refractivity contribution in [3.05, 3.63) is 11.8 Å². The summed E-state index contributed by atoms with van der Waals surface area (Å²) in [7, 11) is 0. The van der Waals surface area contributed by atoms with Crippen LogP contribution in [0.2, 0.25) is 0 Å². The van der Waals surface area contributed by atoms with E-state index in [4.69, 9.17) is 0 Å². The molecule has 1 aliphatic carbocycles. The third-order valence-electron chi connectivity index (χ3n) is 2.26. The molecule has 2 rings (SSSR count). The van der Waals surface area contributed by atoms with E-state index in [9.17, 15) is 0 Å². The van der Waals surface area contributed by atoms with Gasteiger partial charge in [-0.3, -0.25) is 0 Å². The monoisotopic (exact) mass is 109 g/mol. The van der Waals surface area contributed by atoms with Crippen LogP contribution in [-0.2, 0) is 0 Å². The van der Waals surface area contributed by atoms with Crippen molar-refractivity contribution in [2.75, 3.05) is 0 Å². The lowest BCUT2D eigenvalue weighted by atomic mass is 10.1. The summed E-state index contributed by atoms with van der Waals surface area (Å²) in [5, 5.41) is 3.32. The Kier molecular flexibility index (Phi) is 0.706. The lowest BCUT2D eigenvalue weighted by Gasteiger charge is -2.10. The maximum absolute atomic E-state index is 3.32. The zero-order valence-electron chi connectivity index (χ0n) is 5.15. The van der Waals surface area contributed by atoms with Crippen molar-refractivity contribution in [2.24, 2.45) is 5.92 Å². The average Bonchev–Trinajstić information content (AvgIpc) is 2.23. The lowest BCUT2D eigenvalue weighted by Crippen LogP contribution is -2.19. The van der Waals surface area contributed by atoms with Crippen LogP contribution in [0.1, 0.15) is 19.8 Å². The van der Waals surface area contributed by atoms with E-state index in [1.54, 1.807) is 5.57 Å². The van der Waals surface area contributed by atoms with Gasteiger partial charge in [-0.05, 0) is 30.5 Å². The number of fused-ring (bicyclic) bond motifs is 2. The number of rotatable bonds is 0. The van der Waals surface area contributed by atoms with Gasteiger partial charge in [-0.1, -0.05) is 6.92 Å². The maximum atomic E-state index is 3.32. The van der Waals surface area contributed by atoms with Crippen LogP contribution in [0.25, 0.3) is 0 Å². The van der Waals surface area contributed by atoms with E-state index >= 15 is 0 Å². The summed E-state index contributed by atoms with van der Waals surface area (Å²) >= 11 is 0. The minimum atomic E-state index is 0.806. The van der Waals surface area contributed by atoms with Gasteiger partial charge in [-0.25, -0.2) is 0 Å². The molecule has 8 heavy (non-hydrogen) atoms. The molecule has 2 bridgehead atoms. The Morgan fingerprint density at radius 3 is 2.88 bits per heavy atom. The minimum Gasteiger partial charge on any atom is -0.388 e. The van der Waals surface area contributed by atoms with Crippen LogP contribution in [0.3, 0.4) is 0 Å². The fourth-order valence-electron chi connectivity index (χ4n) is 1.70. The van der Waals surface area contributed by atoms with Crippen LogP contribution < -0.4 is 5.32 Å². The molecule has 2 aliphatic rings. The molecular weight excluding hydrogens is 98.1 g/mol. The van der Waals surface area contributed by atoms with Gasteiger partial charge in [0.2, 0.25) is 0 Å². The highest BCUT2D eigenvalue weighted by Gasteiger charge is 2.29. The molecule has 1 fully saturated rings. The van der Waals surface area contributed by atoms with Gasteiger partial charge in [0.05, 0.1) is 0 Å². The van der Waals surface area contributed by atoms with E-state index in [2.05, 4.69) is 18.4 Å². The molecule has 0 saturated heterocycles. The molecule has 0 aromatic heterocycles. The predicted molar refractivity (Wildman–Crippen MR) is 33.4 cm³/mol. The Bertz CT molecular complexity index is 137. The maximum Gasteiger partial charge on any atom is 0.0299 e. The van der Waals surface area contributed by atoms with Crippen LogP contribution in [0.15, 0.2) is 11.8 Å². The van der Waals surface area contributed by atoms with Crippen molar-refractivity contribution in [1.29, 1.82) is 0 Å². The topological polar surface area (TPSA) is 12.0 Å². The molecule has 0 radical (unpaired) electrons. The molecule has 1 nitrogen and oxygen atoms in total. The summed E-state index contributed by atoms with van der Waals surface area (Å²) in [5.41, 5.74) is 1.63. The molecular formula is C7H11N. The Hall–Kier alpha value is -0.460. The van der Waals surface area contributed by atoms with Crippen molar-refractivity contribution in [3.63, 3.8) is 0 Å². The van der Waals surface area contributed by atoms with Crippen LogP contribution >= 0.6 is 0 Å². The zero-order valence-corrected chi connectivity index (χ0v) is 5.15.